The van der Waals surface area contributed by atoms with Gasteiger partial charge in [-0.15, -0.1) is 0 Å². The predicted octanol–water partition coefficient (Wildman–Crippen LogP) is 3.97. The molecule has 0 aromatic heterocycles. The highest BCUT2D eigenvalue weighted by Gasteiger charge is 2.18. The van der Waals surface area contributed by atoms with Gasteiger partial charge >= 0.3 is 5.97 Å². The number of hydrogen-bond acceptors (Lipinski definition) is 2. The van der Waals surface area contributed by atoms with Gasteiger partial charge < -0.3 is 10.0 Å². The van der Waals surface area contributed by atoms with Crippen LogP contribution in [0.2, 0.25) is 10.0 Å². The van der Waals surface area contributed by atoms with Crippen molar-refractivity contribution in [1.29, 1.82) is 0 Å². The lowest BCUT2D eigenvalue weighted by Crippen LogP contribution is -2.26. The van der Waals surface area contributed by atoms with E-state index in [9.17, 15) is 9.59 Å². The first-order valence-electron chi connectivity index (χ1n) is 5.97. The van der Waals surface area contributed by atoms with Crippen molar-refractivity contribution in [3.8, 4) is 0 Å². The van der Waals surface area contributed by atoms with E-state index >= 15 is 0 Å². The minimum Gasteiger partial charge on any atom is -0.478 e. The number of carboxylic acid groups (broad SMARTS) is 1. The molecule has 2 aromatic rings. The number of carboxylic acids is 1. The average molecular weight is 324 g/mol. The molecule has 0 aliphatic rings. The fraction of sp³-hybridized carbons (Fsp3) is 0.0667. The Morgan fingerprint density at radius 1 is 1.05 bits per heavy atom. The lowest BCUT2D eigenvalue weighted by atomic mass is 10.1. The van der Waals surface area contributed by atoms with E-state index in [1.54, 1.807) is 37.4 Å². The van der Waals surface area contributed by atoms with E-state index in [1.165, 1.54) is 17.0 Å². The molecule has 0 heterocycles. The third-order valence-electron chi connectivity index (χ3n) is 2.99. The van der Waals surface area contributed by atoms with Crippen LogP contribution in [0, 0.1) is 0 Å². The topological polar surface area (TPSA) is 57.6 Å². The quantitative estimate of drug-likeness (QED) is 0.929. The molecular formula is C15H11Cl2NO3. The van der Waals surface area contributed by atoms with Crippen LogP contribution < -0.4 is 4.90 Å². The number of anilines is 1. The van der Waals surface area contributed by atoms with E-state index in [-0.39, 0.29) is 22.1 Å². The number of benzene rings is 2. The van der Waals surface area contributed by atoms with Crippen molar-refractivity contribution in [2.75, 3.05) is 11.9 Å². The number of rotatable bonds is 3. The van der Waals surface area contributed by atoms with Crippen molar-refractivity contribution < 1.29 is 14.7 Å². The van der Waals surface area contributed by atoms with Gasteiger partial charge in [-0.3, -0.25) is 4.79 Å². The van der Waals surface area contributed by atoms with E-state index in [2.05, 4.69) is 0 Å². The van der Waals surface area contributed by atoms with Gasteiger partial charge in [0.05, 0.1) is 21.2 Å². The Morgan fingerprint density at radius 2 is 1.67 bits per heavy atom. The Kier molecular flexibility index (Phi) is 4.50. The number of hydrogen-bond donors (Lipinski definition) is 1. The van der Waals surface area contributed by atoms with Gasteiger partial charge in [0.15, 0.2) is 0 Å². The molecular weight excluding hydrogens is 313 g/mol. The number of aromatic carboxylic acids is 1. The number of halogens is 2. The van der Waals surface area contributed by atoms with Crippen LogP contribution in [0.25, 0.3) is 0 Å². The van der Waals surface area contributed by atoms with Crippen LogP contribution in [0.1, 0.15) is 20.7 Å². The molecule has 6 heteroatoms. The highest BCUT2D eigenvalue weighted by molar-refractivity contribution is 6.44. The molecule has 0 unspecified atom stereocenters. The van der Waals surface area contributed by atoms with Crippen molar-refractivity contribution in [3.05, 3.63) is 63.6 Å². The zero-order valence-corrected chi connectivity index (χ0v) is 12.5. The Hall–Kier alpha value is -2.04. The molecule has 4 nitrogen and oxygen atoms in total. The van der Waals surface area contributed by atoms with Gasteiger partial charge in [0.1, 0.15) is 0 Å². The second kappa shape index (κ2) is 6.16. The smallest absolute Gasteiger partial charge is 0.335 e. The summed E-state index contributed by atoms with van der Waals surface area (Å²) in [7, 11) is 1.58. The Labute approximate surface area is 131 Å². The minimum absolute atomic E-state index is 0.153. The Balaban J connectivity index is 2.30. The molecule has 0 radical (unpaired) electrons. The number of amides is 1. The summed E-state index contributed by atoms with van der Waals surface area (Å²) >= 11 is 11.9. The largest absolute Gasteiger partial charge is 0.478 e. The van der Waals surface area contributed by atoms with Gasteiger partial charge in [-0.2, -0.15) is 0 Å². The monoisotopic (exact) mass is 323 g/mol. The van der Waals surface area contributed by atoms with Gasteiger partial charge in [0, 0.05) is 12.7 Å². The van der Waals surface area contributed by atoms with Crippen molar-refractivity contribution in [3.63, 3.8) is 0 Å². The maximum atomic E-state index is 12.4. The second-order valence-corrected chi connectivity index (χ2v) is 5.10. The summed E-state index contributed by atoms with van der Waals surface area (Å²) in [6, 6.07) is 10.8. The molecule has 0 spiro atoms. The molecule has 0 bridgehead atoms. The Bertz CT molecular complexity index is 699. The van der Waals surface area contributed by atoms with Gasteiger partial charge in [-0.1, -0.05) is 29.3 Å². The summed E-state index contributed by atoms with van der Waals surface area (Å²) in [6.45, 7) is 0. The molecule has 1 amide bonds. The van der Waals surface area contributed by atoms with Crippen LogP contribution in [0.3, 0.4) is 0 Å². The summed E-state index contributed by atoms with van der Waals surface area (Å²) in [5.74, 6) is -1.35. The van der Waals surface area contributed by atoms with E-state index in [0.29, 0.717) is 10.7 Å². The zero-order chi connectivity index (χ0) is 15.6. The van der Waals surface area contributed by atoms with Crippen LogP contribution in [-0.2, 0) is 0 Å². The molecule has 0 aliphatic carbocycles. The van der Waals surface area contributed by atoms with Crippen molar-refractivity contribution in [2.24, 2.45) is 0 Å². The SMILES string of the molecule is CN(C(=O)c1cccc(Cl)c1Cl)c1ccc(C(=O)O)cc1. The van der Waals surface area contributed by atoms with Gasteiger partial charge in [-0.25, -0.2) is 4.79 Å². The third-order valence-corrected chi connectivity index (χ3v) is 3.81. The summed E-state index contributed by atoms with van der Waals surface area (Å²) in [5, 5.41) is 9.35. The van der Waals surface area contributed by atoms with Crippen LogP contribution in [-0.4, -0.2) is 24.0 Å². The van der Waals surface area contributed by atoms with E-state index in [0.717, 1.165) is 0 Å². The Morgan fingerprint density at radius 3 is 2.24 bits per heavy atom. The molecule has 2 aromatic carbocycles. The lowest BCUT2D eigenvalue weighted by Gasteiger charge is -2.18. The lowest BCUT2D eigenvalue weighted by molar-refractivity contribution is 0.0696. The number of carbonyl (C=O) groups excluding carboxylic acids is 1. The van der Waals surface area contributed by atoms with Crippen molar-refractivity contribution in [2.45, 2.75) is 0 Å². The molecule has 108 valence electrons. The standard InChI is InChI=1S/C15H11Cl2NO3/c1-18(10-7-5-9(6-8-10)15(20)21)14(19)11-3-2-4-12(16)13(11)17/h2-8H,1H3,(H,20,21). The molecule has 0 fully saturated rings. The van der Waals surface area contributed by atoms with Crippen molar-refractivity contribution >= 4 is 40.8 Å². The summed E-state index contributed by atoms with van der Waals surface area (Å²) in [4.78, 5) is 24.6. The van der Waals surface area contributed by atoms with E-state index < -0.39 is 5.97 Å². The fourth-order valence-corrected chi connectivity index (χ4v) is 2.18. The number of carbonyl (C=O) groups is 2. The second-order valence-electron chi connectivity index (χ2n) is 4.32. The van der Waals surface area contributed by atoms with Gasteiger partial charge in [-0.05, 0) is 36.4 Å². The van der Waals surface area contributed by atoms with E-state index in [1.807, 2.05) is 0 Å². The molecule has 0 atom stereocenters. The van der Waals surface area contributed by atoms with Crippen LogP contribution >= 0.6 is 23.2 Å². The molecule has 0 saturated carbocycles. The summed E-state index contributed by atoms with van der Waals surface area (Å²) < 4.78 is 0. The van der Waals surface area contributed by atoms with Crippen LogP contribution in [0.15, 0.2) is 42.5 Å². The summed E-state index contributed by atoms with van der Waals surface area (Å²) in [5.41, 5.74) is 0.996. The first-order chi connectivity index (χ1) is 9.91. The highest BCUT2D eigenvalue weighted by Crippen LogP contribution is 2.27. The zero-order valence-electron chi connectivity index (χ0n) is 11.0. The molecule has 21 heavy (non-hydrogen) atoms. The molecule has 0 aliphatic heterocycles. The van der Waals surface area contributed by atoms with Crippen LogP contribution in [0.4, 0.5) is 5.69 Å². The fourth-order valence-electron chi connectivity index (χ4n) is 1.79. The van der Waals surface area contributed by atoms with Gasteiger partial charge in [0.25, 0.3) is 5.91 Å². The van der Waals surface area contributed by atoms with Crippen molar-refractivity contribution in [1.82, 2.24) is 0 Å². The number of nitrogens with zero attached hydrogens (tertiary/aromatic N) is 1. The molecule has 0 saturated heterocycles. The summed E-state index contributed by atoms with van der Waals surface area (Å²) in [6.07, 6.45) is 0. The first-order valence-corrected chi connectivity index (χ1v) is 6.73. The first kappa shape index (κ1) is 15.4. The normalized spacial score (nSPS) is 10.2. The highest BCUT2D eigenvalue weighted by atomic mass is 35.5. The minimum atomic E-state index is -1.02. The third kappa shape index (κ3) is 3.17. The maximum absolute atomic E-state index is 12.4. The van der Waals surface area contributed by atoms with Gasteiger partial charge in [0.2, 0.25) is 0 Å². The maximum Gasteiger partial charge on any atom is 0.335 e. The van der Waals surface area contributed by atoms with E-state index in [4.69, 9.17) is 28.3 Å². The predicted molar refractivity (Wildman–Crippen MR) is 82.6 cm³/mol. The molecule has 2 rings (SSSR count). The average Bonchev–Trinajstić information content (AvgIpc) is 2.48. The molecule has 1 N–H and O–H groups in total. The van der Waals surface area contributed by atoms with Crippen LogP contribution in [0.5, 0.6) is 0 Å².